The fourth-order valence-electron chi connectivity index (χ4n) is 2.27. The molecule has 1 aromatic carbocycles. The predicted octanol–water partition coefficient (Wildman–Crippen LogP) is 5.10. The largest absolute Gasteiger partial charge is 0.495 e. The highest BCUT2D eigenvalue weighted by Gasteiger charge is 2.23. The molecule has 21 heavy (non-hydrogen) atoms. The van der Waals surface area contributed by atoms with E-state index >= 15 is 0 Å². The molecule has 1 unspecified atom stereocenters. The molecule has 0 aliphatic carbocycles. The van der Waals surface area contributed by atoms with Gasteiger partial charge in [0.15, 0.2) is 0 Å². The number of furan rings is 1. The van der Waals surface area contributed by atoms with Crippen LogP contribution in [0.4, 0.5) is 0 Å². The molecule has 2 aromatic rings. The normalized spacial score (nSPS) is 12.4. The number of aryl methyl sites for hydroxylation is 1. The Morgan fingerprint density at radius 1 is 1.38 bits per heavy atom. The maximum atomic E-state index is 6.21. The monoisotopic (exact) mass is 371 g/mol. The Bertz CT molecular complexity index is 612. The number of methoxy groups -OCH3 is 1. The second kappa shape index (κ2) is 7.34. The topological polar surface area (TPSA) is 34.4 Å². The summed E-state index contributed by atoms with van der Waals surface area (Å²) in [5, 5.41) is 4.15. The molecule has 0 spiro atoms. The van der Waals surface area contributed by atoms with Crippen LogP contribution in [0.3, 0.4) is 0 Å². The van der Waals surface area contributed by atoms with Crippen molar-refractivity contribution in [2.24, 2.45) is 0 Å². The molecule has 0 fully saturated rings. The lowest BCUT2D eigenvalue weighted by Crippen LogP contribution is -2.23. The number of benzene rings is 1. The lowest BCUT2D eigenvalue weighted by molar-refractivity contribution is 0.387. The summed E-state index contributed by atoms with van der Waals surface area (Å²) in [7, 11) is 1.65. The van der Waals surface area contributed by atoms with Crippen molar-refractivity contribution in [3.05, 3.63) is 50.8 Å². The molecule has 0 saturated carbocycles. The van der Waals surface area contributed by atoms with Crippen molar-refractivity contribution in [3.63, 3.8) is 0 Å². The number of halogens is 2. The van der Waals surface area contributed by atoms with Gasteiger partial charge in [-0.15, -0.1) is 0 Å². The van der Waals surface area contributed by atoms with Crippen molar-refractivity contribution >= 4 is 27.5 Å². The van der Waals surface area contributed by atoms with E-state index in [1.807, 2.05) is 31.2 Å². The number of nitrogens with one attached hydrogen (secondary N) is 1. The van der Waals surface area contributed by atoms with Gasteiger partial charge in [0, 0.05) is 10.6 Å². The summed E-state index contributed by atoms with van der Waals surface area (Å²) in [6, 6.07) is 7.59. The summed E-state index contributed by atoms with van der Waals surface area (Å²) in [5.74, 6) is 2.50. The quantitative estimate of drug-likeness (QED) is 0.766. The van der Waals surface area contributed by atoms with Gasteiger partial charge in [0.1, 0.15) is 17.3 Å². The first-order valence-electron chi connectivity index (χ1n) is 6.89. The van der Waals surface area contributed by atoms with E-state index in [4.69, 9.17) is 20.8 Å². The fraction of sp³-hybridized carbons (Fsp3) is 0.375. The summed E-state index contributed by atoms with van der Waals surface area (Å²) >= 11 is 9.71. The van der Waals surface area contributed by atoms with Crippen LogP contribution in [0.1, 0.15) is 36.5 Å². The van der Waals surface area contributed by atoms with Gasteiger partial charge in [0.25, 0.3) is 0 Å². The van der Waals surface area contributed by atoms with Crippen LogP contribution >= 0.6 is 27.5 Å². The molecule has 5 heteroatoms. The molecule has 1 atom stereocenters. The van der Waals surface area contributed by atoms with Gasteiger partial charge in [0.05, 0.1) is 17.6 Å². The van der Waals surface area contributed by atoms with Crippen LogP contribution in [0, 0.1) is 6.92 Å². The smallest absolute Gasteiger partial charge is 0.138 e. The van der Waals surface area contributed by atoms with Crippen LogP contribution in [0.2, 0.25) is 5.02 Å². The Balaban J connectivity index is 2.50. The molecule has 1 heterocycles. The van der Waals surface area contributed by atoms with E-state index in [2.05, 4.69) is 28.2 Å². The van der Waals surface area contributed by atoms with Gasteiger partial charge in [-0.1, -0.05) is 18.5 Å². The van der Waals surface area contributed by atoms with Gasteiger partial charge < -0.3 is 14.5 Å². The number of hydrogen-bond acceptors (Lipinski definition) is 3. The van der Waals surface area contributed by atoms with Gasteiger partial charge in [-0.25, -0.2) is 0 Å². The molecule has 0 radical (unpaired) electrons. The van der Waals surface area contributed by atoms with Crippen molar-refractivity contribution in [3.8, 4) is 5.75 Å². The zero-order valence-electron chi connectivity index (χ0n) is 12.4. The molecule has 1 aromatic heterocycles. The van der Waals surface area contributed by atoms with E-state index in [-0.39, 0.29) is 6.04 Å². The van der Waals surface area contributed by atoms with Crippen molar-refractivity contribution in [1.82, 2.24) is 5.32 Å². The molecule has 0 bridgehead atoms. The van der Waals surface area contributed by atoms with E-state index in [0.717, 1.165) is 40.3 Å². The predicted molar refractivity (Wildman–Crippen MR) is 89.3 cm³/mol. The maximum Gasteiger partial charge on any atom is 0.138 e. The summed E-state index contributed by atoms with van der Waals surface area (Å²) in [5.41, 5.74) is 0.958. The highest BCUT2D eigenvalue weighted by molar-refractivity contribution is 9.10. The Kier molecular flexibility index (Phi) is 5.73. The van der Waals surface area contributed by atoms with Crippen LogP contribution in [-0.4, -0.2) is 13.7 Å². The number of hydrogen-bond donors (Lipinski definition) is 1. The third-order valence-corrected chi connectivity index (χ3v) is 4.00. The zero-order valence-corrected chi connectivity index (χ0v) is 14.7. The minimum atomic E-state index is -0.0939. The molecular weight excluding hydrogens is 354 g/mol. The molecule has 0 saturated heterocycles. The lowest BCUT2D eigenvalue weighted by atomic mass is 10.0. The van der Waals surface area contributed by atoms with Gasteiger partial charge in [-0.3, -0.25) is 0 Å². The number of ether oxygens (including phenoxy) is 1. The molecule has 1 N–H and O–H groups in total. The highest BCUT2D eigenvalue weighted by Crippen LogP contribution is 2.38. The second-order valence-corrected chi connectivity index (χ2v) is 6.14. The van der Waals surface area contributed by atoms with Crippen molar-refractivity contribution in [2.45, 2.75) is 26.3 Å². The van der Waals surface area contributed by atoms with Crippen LogP contribution in [0.15, 0.2) is 33.2 Å². The maximum absolute atomic E-state index is 6.21. The van der Waals surface area contributed by atoms with Crippen molar-refractivity contribution < 1.29 is 9.15 Å². The molecular formula is C16H19BrClNO2. The first-order valence-corrected chi connectivity index (χ1v) is 8.06. The van der Waals surface area contributed by atoms with E-state index < -0.39 is 0 Å². The second-order valence-electron chi connectivity index (χ2n) is 4.85. The Labute approximate surface area is 138 Å². The molecule has 0 amide bonds. The third-order valence-electron chi connectivity index (χ3n) is 3.20. The van der Waals surface area contributed by atoms with Crippen molar-refractivity contribution in [1.29, 1.82) is 0 Å². The van der Waals surface area contributed by atoms with Gasteiger partial charge in [-0.05, 0) is 60.1 Å². The lowest BCUT2D eigenvalue weighted by Gasteiger charge is -2.20. The van der Waals surface area contributed by atoms with E-state index in [1.54, 1.807) is 7.11 Å². The van der Waals surface area contributed by atoms with Gasteiger partial charge in [0.2, 0.25) is 0 Å². The first kappa shape index (κ1) is 16.4. The first-order chi connectivity index (χ1) is 10.1. The average Bonchev–Trinajstić information content (AvgIpc) is 2.85. The Hall–Kier alpha value is -0.970. The SMILES string of the molecule is CCCNC(c1ccc(C)o1)c1cc(Cl)cc(Br)c1OC. The summed E-state index contributed by atoms with van der Waals surface area (Å²) in [4.78, 5) is 0. The van der Waals surface area contributed by atoms with Crippen LogP contribution in [-0.2, 0) is 0 Å². The highest BCUT2D eigenvalue weighted by atomic mass is 79.9. The van der Waals surface area contributed by atoms with Gasteiger partial charge >= 0.3 is 0 Å². The fourth-order valence-corrected chi connectivity index (χ4v) is 3.27. The summed E-state index contributed by atoms with van der Waals surface area (Å²) in [6.07, 6.45) is 1.03. The van der Waals surface area contributed by atoms with Crippen molar-refractivity contribution in [2.75, 3.05) is 13.7 Å². The van der Waals surface area contributed by atoms with E-state index in [1.165, 1.54) is 0 Å². The molecule has 114 valence electrons. The summed E-state index contributed by atoms with van der Waals surface area (Å²) in [6.45, 7) is 4.94. The summed E-state index contributed by atoms with van der Waals surface area (Å²) < 4.78 is 12.2. The van der Waals surface area contributed by atoms with E-state index in [0.29, 0.717) is 5.02 Å². The van der Waals surface area contributed by atoms with E-state index in [9.17, 15) is 0 Å². The molecule has 0 aliphatic heterocycles. The standard InChI is InChI=1S/C16H19BrClNO2/c1-4-7-19-15(14-6-5-10(2)21-14)12-8-11(18)9-13(17)16(12)20-3/h5-6,8-9,15,19H,4,7H2,1-3H3. The minimum absolute atomic E-state index is 0.0939. The third kappa shape index (κ3) is 3.82. The minimum Gasteiger partial charge on any atom is -0.495 e. The molecule has 0 aliphatic rings. The van der Waals surface area contributed by atoms with Crippen LogP contribution in [0.5, 0.6) is 5.75 Å². The average molecular weight is 373 g/mol. The molecule has 3 nitrogen and oxygen atoms in total. The van der Waals surface area contributed by atoms with Crippen LogP contribution < -0.4 is 10.1 Å². The van der Waals surface area contributed by atoms with Crippen LogP contribution in [0.25, 0.3) is 0 Å². The van der Waals surface area contributed by atoms with Gasteiger partial charge in [-0.2, -0.15) is 0 Å². The zero-order chi connectivity index (χ0) is 15.4. The Morgan fingerprint density at radius 3 is 2.71 bits per heavy atom. The number of rotatable bonds is 6. The molecule has 2 rings (SSSR count). The Morgan fingerprint density at radius 2 is 2.14 bits per heavy atom.